The van der Waals surface area contributed by atoms with Crippen molar-refractivity contribution in [2.24, 2.45) is 0 Å². The molecular formula is C24H27N3O4. The maximum atomic E-state index is 12.8. The molecule has 0 spiro atoms. The smallest absolute Gasteiger partial charge is 0.231 e. The Balaban J connectivity index is 1.35. The van der Waals surface area contributed by atoms with Crippen LogP contribution in [0.4, 0.5) is 0 Å². The first-order valence-corrected chi connectivity index (χ1v) is 10.8. The molecule has 1 aliphatic rings. The summed E-state index contributed by atoms with van der Waals surface area (Å²) in [5.74, 6) is 2.58. The molecule has 0 fully saturated rings. The van der Waals surface area contributed by atoms with Crippen LogP contribution in [-0.4, -0.2) is 40.8 Å². The van der Waals surface area contributed by atoms with Crippen molar-refractivity contribution in [2.75, 3.05) is 19.9 Å². The second-order valence-electron chi connectivity index (χ2n) is 7.55. The molecule has 0 saturated carbocycles. The number of rotatable bonds is 10. The molecule has 3 aromatic rings. The normalized spacial score (nSPS) is 12.2. The number of carbonyl (C=O) groups is 1. The number of aromatic nitrogens is 2. The first kappa shape index (κ1) is 20.9. The zero-order valence-corrected chi connectivity index (χ0v) is 17.8. The van der Waals surface area contributed by atoms with Crippen molar-refractivity contribution in [3.05, 3.63) is 60.0 Å². The fourth-order valence-electron chi connectivity index (χ4n) is 3.50. The Kier molecular flexibility index (Phi) is 6.82. The third kappa shape index (κ3) is 5.42. The quantitative estimate of drug-likeness (QED) is 0.487. The van der Waals surface area contributed by atoms with E-state index in [-0.39, 0.29) is 12.7 Å². The van der Waals surface area contributed by atoms with Crippen molar-refractivity contribution in [1.29, 1.82) is 0 Å². The molecule has 7 heteroatoms. The van der Waals surface area contributed by atoms with E-state index in [1.54, 1.807) is 0 Å². The minimum Gasteiger partial charge on any atom is -0.454 e. The predicted octanol–water partition coefficient (Wildman–Crippen LogP) is 4.27. The van der Waals surface area contributed by atoms with Gasteiger partial charge in [0.25, 0.3) is 0 Å². The van der Waals surface area contributed by atoms with E-state index in [4.69, 9.17) is 14.0 Å². The third-order valence-electron chi connectivity index (χ3n) is 5.30. The number of unbranched alkanes of at least 4 members (excludes halogenated alkanes) is 1. The molecule has 31 heavy (non-hydrogen) atoms. The molecule has 0 radical (unpaired) electrons. The lowest BCUT2D eigenvalue weighted by Crippen LogP contribution is -2.34. The molecule has 1 aliphatic heterocycles. The molecule has 4 rings (SSSR count). The maximum absolute atomic E-state index is 12.8. The fourth-order valence-corrected chi connectivity index (χ4v) is 3.50. The highest BCUT2D eigenvalue weighted by Crippen LogP contribution is 2.35. The number of aryl methyl sites for hydroxylation is 1. The van der Waals surface area contributed by atoms with Crippen LogP contribution in [0, 0.1) is 0 Å². The molecular weight excluding hydrogens is 394 g/mol. The number of hydrogen-bond acceptors (Lipinski definition) is 6. The summed E-state index contributed by atoms with van der Waals surface area (Å²) in [5, 5.41) is 4.09. The van der Waals surface area contributed by atoms with Gasteiger partial charge in [-0.2, -0.15) is 4.98 Å². The highest BCUT2D eigenvalue weighted by molar-refractivity contribution is 5.76. The van der Waals surface area contributed by atoms with Crippen LogP contribution in [0.3, 0.4) is 0 Å². The Labute approximate surface area is 182 Å². The first-order chi connectivity index (χ1) is 15.2. The van der Waals surface area contributed by atoms with Crippen LogP contribution in [0.2, 0.25) is 0 Å². The first-order valence-electron chi connectivity index (χ1n) is 10.8. The average molecular weight is 421 g/mol. The van der Waals surface area contributed by atoms with E-state index < -0.39 is 0 Å². The van der Waals surface area contributed by atoms with E-state index >= 15 is 0 Å². The molecule has 1 amide bonds. The summed E-state index contributed by atoms with van der Waals surface area (Å²) in [4.78, 5) is 19.2. The van der Waals surface area contributed by atoms with Gasteiger partial charge in [-0.1, -0.05) is 48.8 Å². The second-order valence-corrected chi connectivity index (χ2v) is 7.55. The largest absolute Gasteiger partial charge is 0.454 e. The molecule has 0 unspecified atom stereocenters. The van der Waals surface area contributed by atoms with Gasteiger partial charge in [-0.15, -0.1) is 0 Å². The van der Waals surface area contributed by atoms with Crippen molar-refractivity contribution in [3.8, 4) is 22.9 Å². The van der Waals surface area contributed by atoms with Crippen LogP contribution in [0.25, 0.3) is 11.4 Å². The van der Waals surface area contributed by atoms with Crippen LogP contribution < -0.4 is 9.47 Å². The van der Waals surface area contributed by atoms with E-state index in [1.165, 1.54) is 5.56 Å². The Hall–Kier alpha value is -3.35. The minimum absolute atomic E-state index is 0.160. The molecule has 0 aliphatic carbocycles. The van der Waals surface area contributed by atoms with Gasteiger partial charge in [0, 0.05) is 31.5 Å². The summed E-state index contributed by atoms with van der Waals surface area (Å²) in [5.41, 5.74) is 1.98. The van der Waals surface area contributed by atoms with E-state index in [0.717, 1.165) is 31.4 Å². The SMILES string of the molecule is CCCCN(CCc1nc(-c2ccc3c(c2)OCO3)no1)C(=O)CCc1ccccc1. The van der Waals surface area contributed by atoms with E-state index in [9.17, 15) is 4.79 Å². The molecule has 0 N–H and O–H groups in total. The van der Waals surface area contributed by atoms with Gasteiger partial charge in [-0.25, -0.2) is 0 Å². The van der Waals surface area contributed by atoms with Crippen molar-refractivity contribution in [3.63, 3.8) is 0 Å². The highest BCUT2D eigenvalue weighted by Gasteiger charge is 2.18. The van der Waals surface area contributed by atoms with Gasteiger partial charge >= 0.3 is 0 Å². The van der Waals surface area contributed by atoms with Crippen molar-refractivity contribution >= 4 is 5.91 Å². The van der Waals surface area contributed by atoms with Gasteiger partial charge < -0.3 is 18.9 Å². The van der Waals surface area contributed by atoms with Crippen LogP contribution >= 0.6 is 0 Å². The van der Waals surface area contributed by atoms with Gasteiger partial charge in [-0.3, -0.25) is 4.79 Å². The summed E-state index contributed by atoms with van der Waals surface area (Å²) in [6.45, 7) is 3.66. The zero-order chi connectivity index (χ0) is 21.5. The standard InChI is InChI=1S/C24H27N3O4/c1-2-3-14-27(23(28)12-9-18-7-5-4-6-8-18)15-13-22-25-24(26-31-22)19-10-11-20-21(16-19)30-17-29-20/h4-8,10-11,16H,2-3,9,12-15,17H2,1H3. The summed E-state index contributed by atoms with van der Waals surface area (Å²) < 4.78 is 16.2. The number of hydrogen-bond donors (Lipinski definition) is 0. The Morgan fingerprint density at radius 2 is 1.87 bits per heavy atom. The highest BCUT2D eigenvalue weighted by atomic mass is 16.7. The molecule has 1 aromatic heterocycles. The maximum Gasteiger partial charge on any atom is 0.231 e. The molecule has 2 aromatic carbocycles. The molecule has 0 atom stereocenters. The molecule has 0 bridgehead atoms. The minimum atomic E-state index is 0.160. The lowest BCUT2D eigenvalue weighted by atomic mass is 10.1. The molecule has 2 heterocycles. The number of carbonyl (C=O) groups excluding carboxylic acids is 1. The van der Waals surface area contributed by atoms with E-state index in [2.05, 4.69) is 29.2 Å². The molecule has 7 nitrogen and oxygen atoms in total. The Morgan fingerprint density at radius 1 is 1.03 bits per heavy atom. The number of amides is 1. The third-order valence-corrected chi connectivity index (χ3v) is 5.30. The lowest BCUT2D eigenvalue weighted by molar-refractivity contribution is -0.131. The van der Waals surface area contributed by atoms with Crippen molar-refractivity contribution in [1.82, 2.24) is 15.0 Å². The number of ether oxygens (including phenoxy) is 2. The van der Waals surface area contributed by atoms with Crippen LogP contribution in [0.1, 0.15) is 37.6 Å². The second kappa shape index (κ2) is 10.1. The summed E-state index contributed by atoms with van der Waals surface area (Å²) in [7, 11) is 0. The van der Waals surface area contributed by atoms with Crippen molar-refractivity contribution < 1.29 is 18.8 Å². The topological polar surface area (TPSA) is 77.7 Å². The van der Waals surface area contributed by atoms with Crippen LogP contribution in [0.15, 0.2) is 53.1 Å². The van der Waals surface area contributed by atoms with Crippen molar-refractivity contribution in [2.45, 2.75) is 39.0 Å². The zero-order valence-electron chi connectivity index (χ0n) is 17.8. The van der Waals surface area contributed by atoms with Gasteiger partial charge in [-0.05, 0) is 36.6 Å². The van der Waals surface area contributed by atoms with E-state index in [0.29, 0.717) is 42.6 Å². The Bertz CT molecular complexity index is 1000. The fraction of sp³-hybridized carbons (Fsp3) is 0.375. The van der Waals surface area contributed by atoms with Gasteiger partial charge in [0.05, 0.1) is 0 Å². The van der Waals surface area contributed by atoms with Crippen LogP contribution in [0.5, 0.6) is 11.5 Å². The number of nitrogens with zero attached hydrogens (tertiary/aromatic N) is 3. The van der Waals surface area contributed by atoms with Gasteiger partial charge in [0.15, 0.2) is 11.5 Å². The number of benzene rings is 2. The van der Waals surface area contributed by atoms with Crippen LogP contribution in [-0.2, 0) is 17.6 Å². The summed E-state index contributed by atoms with van der Waals surface area (Å²) in [6.07, 6.45) is 3.79. The average Bonchev–Trinajstić information content (AvgIpc) is 3.47. The molecule has 162 valence electrons. The lowest BCUT2D eigenvalue weighted by Gasteiger charge is -2.22. The Morgan fingerprint density at radius 3 is 2.71 bits per heavy atom. The number of fused-ring (bicyclic) bond motifs is 1. The van der Waals surface area contributed by atoms with E-state index in [1.807, 2.05) is 41.3 Å². The summed E-state index contributed by atoms with van der Waals surface area (Å²) >= 11 is 0. The van der Waals surface area contributed by atoms with Gasteiger partial charge in [0.2, 0.25) is 24.4 Å². The predicted molar refractivity (Wildman–Crippen MR) is 116 cm³/mol. The summed E-state index contributed by atoms with van der Waals surface area (Å²) in [6, 6.07) is 15.7. The van der Waals surface area contributed by atoms with Gasteiger partial charge in [0.1, 0.15) is 0 Å². The molecule has 0 saturated heterocycles. The monoisotopic (exact) mass is 421 g/mol.